The number of rotatable bonds is 4. The number of hydrogen-bond donors (Lipinski definition) is 3. The summed E-state index contributed by atoms with van der Waals surface area (Å²) >= 11 is 4.57. The summed E-state index contributed by atoms with van der Waals surface area (Å²) in [6.07, 6.45) is 0. The van der Waals surface area contributed by atoms with E-state index in [1.165, 1.54) is 11.6 Å². The van der Waals surface area contributed by atoms with Gasteiger partial charge in [0.1, 0.15) is 5.82 Å². The summed E-state index contributed by atoms with van der Waals surface area (Å²) in [5, 5.41) is 10.5. The summed E-state index contributed by atoms with van der Waals surface area (Å²) in [4.78, 5) is 0. The summed E-state index contributed by atoms with van der Waals surface area (Å²) in [7, 11) is 0. The fourth-order valence-electron chi connectivity index (χ4n) is 0.991. The normalized spacial score (nSPS) is 8.33. The van der Waals surface area contributed by atoms with Crippen LogP contribution in [0.3, 0.4) is 0 Å². The minimum absolute atomic E-state index is 0.0972. The predicted octanol–water partition coefficient (Wildman–Crippen LogP) is 2.14. The summed E-state index contributed by atoms with van der Waals surface area (Å²) < 4.78 is 13.0. The van der Waals surface area contributed by atoms with Gasteiger partial charge in [0.05, 0.1) is 12.1 Å². The smallest absolute Gasteiger partial charge is 0.128 e. The van der Waals surface area contributed by atoms with Gasteiger partial charge < -0.3 is 16.2 Å². The second kappa shape index (κ2) is 14.0. The van der Waals surface area contributed by atoms with Crippen LogP contribution in [0.25, 0.3) is 0 Å². The van der Waals surface area contributed by atoms with Crippen molar-refractivity contribution in [2.75, 3.05) is 13.2 Å². The fourth-order valence-corrected chi connectivity index (χ4v) is 1.07. The number of nitrogens with one attached hydrogen (secondary N) is 1. The molecule has 0 amide bonds. The first kappa shape index (κ1) is 19.3. The van der Waals surface area contributed by atoms with Crippen molar-refractivity contribution in [2.24, 2.45) is 5.73 Å². The van der Waals surface area contributed by atoms with Crippen molar-refractivity contribution in [2.45, 2.75) is 27.3 Å². The van der Waals surface area contributed by atoms with Gasteiger partial charge in [0, 0.05) is 18.7 Å². The number of thiocarbonyl (C=S) groups is 1. The largest absolute Gasteiger partial charge is 0.395 e. The maximum absolute atomic E-state index is 13.0. The standard InChI is InChI=1S/C9H10FNS.C2H7NO.C2H6/c1-7-2-3-9(10)8(4-7)5-11-6-12;3-1-2-4;1-2/h2-4,6H,5H2,1H3,(H,11,12);4H,1-3H2;1-2H3. The topological polar surface area (TPSA) is 58.3 Å². The summed E-state index contributed by atoms with van der Waals surface area (Å²) in [5.74, 6) is -0.190. The SMILES string of the molecule is CC.Cc1ccc(F)c(CNC=S)c1.NCCO. The molecule has 0 spiro atoms. The maximum atomic E-state index is 13.0. The average molecular weight is 274 g/mol. The molecule has 4 N–H and O–H groups in total. The summed E-state index contributed by atoms with van der Waals surface area (Å²) in [5.41, 5.74) is 7.87. The van der Waals surface area contributed by atoms with E-state index in [1.54, 1.807) is 12.1 Å². The molecule has 0 bridgehead atoms. The fraction of sp³-hybridized carbons (Fsp3) is 0.462. The number of aliphatic hydroxyl groups is 1. The Morgan fingerprint density at radius 3 is 2.44 bits per heavy atom. The molecule has 104 valence electrons. The third-order valence-electron chi connectivity index (χ3n) is 1.71. The lowest BCUT2D eigenvalue weighted by molar-refractivity contribution is 0.306. The van der Waals surface area contributed by atoms with Crippen LogP contribution in [-0.2, 0) is 6.54 Å². The van der Waals surface area contributed by atoms with Gasteiger partial charge in [0.15, 0.2) is 0 Å². The lowest BCUT2D eigenvalue weighted by Crippen LogP contribution is -2.10. The minimum atomic E-state index is -0.190. The van der Waals surface area contributed by atoms with E-state index in [1.807, 2.05) is 20.8 Å². The van der Waals surface area contributed by atoms with Crippen molar-refractivity contribution in [3.63, 3.8) is 0 Å². The highest BCUT2D eigenvalue weighted by molar-refractivity contribution is 7.78. The molecule has 0 aliphatic heterocycles. The van der Waals surface area contributed by atoms with E-state index in [9.17, 15) is 4.39 Å². The van der Waals surface area contributed by atoms with Crippen LogP contribution in [0.5, 0.6) is 0 Å². The van der Waals surface area contributed by atoms with Gasteiger partial charge >= 0.3 is 0 Å². The third-order valence-corrected chi connectivity index (χ3v) is 1.87. The summed E-state index contributed by atoms with van der Waals surface area (Å²) in [6, 6.07) is 5.02. The average Bonchev–Trinajstić information content (AvgIpc) is 2.42. The molecule has 0 atom stereocenters. The molecule has 0 heterocycles. The molecule has 0 unspecified atom stereocenters. The first-order valence-electron chi connectivity index (χ1n) is 5.88. The van der Waals surface area contributed by atoms with Crippen LogP contribution in [0.4, 0.5) is 4.39 Å². The number of aryl methyl sites for hydroxylation is 1. The van der Waals surface area contributed by atoms with E-state index in [-0.39, 0.29) is 12.4 Å². The van der Waals surface area contributed by atoms with Crippen LogP contribution in [0, 0.1) is 12.7 Å². The predicted molar refractivity (Wildman–Crippen MR) is 79.1 cm³/mol. The van der Waals surface area contributed by atoms with Gasteiger partial charge in [0.25, 0.3) is 0 Å². The molecule has 1 aromatic rings. The highest BCUT2D eigenvalue weighted by Gasteiger charge is 1.99. The van der Waals surface area contributed by atoms with Crippen molar-refractivity contribution in [1.29, 1.82) is 0 Å². The van der Waals surface area contributed by atoms with Gasteiger partial charge in [-0.25, -0.2) is 4.39 Å². The highest BCUT2D eigenvalue weighted by Crippen LogP contribution is 2.08. The van der Waals surface area contributed by atoms with Crippen molar-refractivity contribution in [3.05, 3.63) is 35.1 Å². The Morgan fingerprint density at radius 1 is 1.44 bits per heavy atom. The monoisotopic (exact) mass is 274 g/mol. The van der Waals surface area contributed by atoms with Crippen LogP contribution in [0.15, 0.2) is 18.2 Å². The zero-order chi connectivity index (χ0) is 14.4. The number of nitrogens with two attached hydrogens (primary N) is 1. The molecule has 0 aromatic heterocycles. The molecule has 5 heteroatoms. The lowest BCUT2D eigenvalue weighted by Gasteiger charge is -2.03. The first-order valence-corrected chi connectivity index (χ1v) is 6.35. The Hall–Kier alpha value is -1.04. The molecule has 3 nitrogen and oxygen atoms in total. The number of halogens is 1. The molecule has 1 aromatic carbocycles. The van der Waals surface area contributed by atoms with Gasteiger partial charge in [0.2, 0.25) is 0 Å². The van der Waals surface area contributed by atoms with Crippen LogP contribution in [-0.4, -0.2) is 23.7 Å². The summed E-state index contributed by atoms with van der Waals surface area (Å²) in [6.45, 7) is 6.86. The van der Waals surface area contributed by atoms with Gasteiger partial charge in [-0.05, 0) is 13.0 Å². The maximum Gasteiger partial charge on any atom is 0.128 e. The second-order valence-electron chi connectivity index (χ2n) is 3.11. The Bertz CT molecular complexity index is 320. The van der Waals surface area contributed by atoms with E-state index in [4.69, 9.17) is 10.8 Å². The van der Waals surface area contributed by atoms with Crippen LogP contribution < -0.4 is 11.1 Å². The van der Waals surface area contributed by atoms with E-state index in [2.05, 4.69) is 17.5 Å². The molecule has 0 aliphatic carbocycles. The lowest BCUT2D eigenvalue weighted by atomic mass is 10.1. The third kappa shape index (κ3) is 10.1. The molecule has 0 radical (unpaired) electrons. The van der Waals surface area contributed by atoms with Gasteiger partial charge in [-0.15, -0.1) is 0 Å². The van der Waals surface area contributed by atoms with Crippen molar-refractivity contribution >= 4 is 17.7 Å². The van der Waals surface area contributed by atoms with Crippen LogP contribution >= 0.6 is 12.2 Å². The van der Waals surface area contributed by atoms with E-state index in [0.717, 1.165) is 5.56 Å². The Labute approximate surface area is 114 Å². The number of hydrogen-bond acceptors (Lipinski definition) is 3. The van der Waals surface area contributed by atoms with E-state index < -0.39 is 0 Å². The number of aliphatic hydroxyl groups excluding tert-OH is 1. The van der Waals surface area contributed by atoms with Gasteiger partial charge in [-0.1, -0.05) is 43.8 Å². The Morgan fingerprint density at radius 2 is 2.00 bits per heavy atom. The molecule has 0 aliphatic rings. The second-order valence-corrected chi connectivity index (χ2v) is 3.34. The zero-order valence-corrected chi connectivity index (χ0v) is 12.1. The van der Waals surface area contributed by atoms with Gasteiger partial charge in [-0.2, -0.15) is 0 Å². The molecule has 0 saturated heterocycles. The Balaban J connectivity index is 0. The van der Waals surface area contributed by atoms with Crippen molar-refractivity contribution in [3.8, 4) is 0 Å². The van der Waals surface area contributed by atoms with Gasteiger partial charge in [-0.3, -0.25) is 0 Å². The van der Waals surface area contributed by atoms with Crippen LogP contribution in [0.1, 0.15) is 25.0 Å². The first-order chi connectivity index (χ1) is 8.65. The van der Waals surface area contributed by atoms with E-state index >= 15 is 0 Å². The highest BCUT2D eigenvalue weighted by atomic mass is 32.1. The molecular formula is C13H23FN2OS. The molecule has 0 saturated carbocycles. The Kier molecular flexibility index (Phi) is 15.0. The van der Waals surface area contributed by atoms with E-state index in [0.29, 0.717) is 18.7 Å². The number of benzene rings is 1. The molecule has 1 rings (SSSR count). The van der Waals surface area contributed by atoms with Crippen molar-refractivity contribution < 1.29 is 9.50 Å². The molecule has 0 fully saturated rings. The minimum Gasteiger partial charge on any atom is -0.395 e. The molecular weight excluding hydrogens is 251 g/mol. The van der Waals surface area contributed by atoms with Crippen molar-refractivity contribution in [1.82, 2.24) is 5.32 Å². The quantitative estimate of drug-likeness (QED) is 0.736. The molecule has 18 heavy (non-hydrogen) atoms. The van der Waals surface area contributed by atoms with Crippen LogP contribution in [0.2, 0.25) is 0 Å². The zero-order valence-electron chi connectivity index (χ0n) is 11.2.